The van der Waals surface area contributed by atoms with Crippen molar-refractivity contribution < 1.29 is 14.0 Å². The molecule has 2 saturated heterocycles. The predicted octanol–water partition coefficient (Wildman–Crippen LogP) is 1.97. The summed E-state index contributed by atoms with van der Waals surface area (Å²) in [6.45, 7) is 12.1. The molecule has 3 aromatic rings. The molecule has 0 radical (unpaired) electrons. The van der Waals surface area contributed by atoms with Crippen LogP contribution in [0, 0.1) is 0 Å². The number of hydrogen-bond donors (Lipinski definition) is 0. The van der Waals surface area contributed by atoms with Crippen LogP contribution in [-0.4, -0.2) is 76.3 Å². The Balaban J connectivity index is 1.30. The van der Waals surface area contributed by atoms with Crippen LogP contribution < -0.4 is 15.1 Å². The Hall–Kier alpha value is -2.69. The highest BCUT2D eigenvalue weighted by molar-refractivity contribution is 6.64. The third kappa shape index (κ3) is 3.83. The SMILES string of the molecule is CN1CCN(c2ccc(Oc3ccc4c(B5OC(C)(C)C(C)(C)O5)cnn4c3)nn2)CC1. The number of anilines is 1. The van der Waals surface area contributed by atoms with E-state index in [-0.39, 0.29) is 0 Å². The van der Waals surface area contributed by atoms with Gasteiger partial charge in [0.25, 0.3) is 0 Å². The normalized spacial score (nSPS) is 20.8. The summed E-state index contributed by atoms with van der Waals surface area (Å²) in [4.78, 5) is 4.55. The molecule has 5 rings (SSSR count). The molecule has 0 saturated carbocycles. The van der Waals surface area contributed by atoms with E-state index in [1.165, 1.54) is 0 Å². The van der Waals surface area contributed by atoms with Gasteiger partial charge in [-0.3, -0.25) is 0 Å². The molecule has 0 aliphatic carbocycles. The van der Waals surface area contributed by atoms with Crippen molar-refractivity contribution in [2.24, 2.45) is 0 Å². The van der Waals surface area contributed by atoms with E-state index in [0.29, 0.717) is 11.6 Å². The lowest BCUT2D eigenvalue weighted by molar-refractivity contribution is 0.00578. The van der Waals surface area contributed by atoms with Crippen molar-refractivity contribution in [1.29, 1.82) is 0 Å². The highest BCUT2D eigenvalue weighted by Gasteiger charge is 2.52. The van der Waals surface area contributed by atoms with Crippen LogP contribution in [-0.2, 0) is 9.31 Å². The van der Waals surface area contributed by atoms with Crippen LogP contribution in [0.4, 0.5) is 5.82 Å². The quantitative estimate of drug-likeness (QED) is 0.575. The summed E-state index contributed by atoms with van der Waals surface area (Å²) in [5.41, 5.74) is 1.01. The van der Waals surface area contributed by atoms with Gasteiger partial charge >= 0.3 is 7.12 Å². The largest absolute Gasteiger partial charge is 0.498 e. The van der Waals surface area contributed by atoms with E-state index in [1.807, 2.05) is 58.2 Å². The number of ether oxygens (including phenoxy) is 1. The molecule has 0 unspecified atom stereocenters. The lowest BCUT2D eigenvalue weighted by Crippen LogP contribution is -2.44. The van der Waals surface area contributed by atoms with Gasteiger partial charge in [-0.05, 0) is 52.9 Å². The number of rotatable bonds is 4. The molecule has 2 aliphatic rings. The number of piperazine rings is 1. The lowest BCUT2D eigenvalue weighted by atomic mass is 9.80. The predicted molar refractivity (Wildman–Crippen MR) is 123 cm³/mol. The summed E-state index contributed by atoms with van der Waals surface area (Å²) in [6, 6.07) is 7.65. The van der Waals surface area contributed by atoms with Gasteiger partial charge < -0.3 is 23.8 Å². The number of pyridine rings is 1. The second-order valence-corrected chi connectivity index (χ2v) is 9.50. The molecule has 0 atom stereocenters. The smallest absolute Gasteiger partial charge is 0.436 e. The van der Waals surface area contributed by atoms with Gasteiger partial charge in [0.15, 0.2) is 5.82 Å². The summed E-state index contributed by atoms with van der Waals surface area (Å²) in [6.07, 6.45) is 3.60. The Kier molecular flexibility index (Phi) is 5.11. The Morgan fingerprint density at radius 3 is 2.31 bits per heavy atom. The van der Waals surface area contributed by atoms with Crippen LogP contribution in [0.1, 0.15) is 27.7 Å². The fourth-order valence-electron chi connectivity index (χ4n) is 3.89. The van der Waals surface area contributed by atoms with Gasteiger partial charge in [0.05, 0.1) is 22.9 Å². The van der Waals surface area contributed by atoms with Crippen molar-refractivity contribution in [2.75, 3.05) is 38.1 Å². The van der Waals surface area contributed by atoms with E-state index < -0.39 is 18.3 Å². The molecule has 0 spiro atoms. The summed E-state index contributed by atoms with van der Waals surface area (Å²) in [5.74, 6) is 1.95. The van der Waals surface area contributed by atoms with E-state index in [2.05, 4.69) is 32.1 Å². The molecule has 168 valence electrons. The van der Waals surface area contributed by atoms with Gasteiger partial charge in [-0.15, -0.1) is 10.2 Å². The van der Waals surface area contributed by atoms with E-state index in [4.69, 9.17) is 14.0 Å². The average molecular weight is 436 g/mol. The van der Waals surface area contributed by atoms with Crippen molar-refractivity contribution in [3.05, 3.63) is 36.7 Å². The van der Waals surface area contributed by atoms with Gasteiger partial charge in [0.2, 0.25) is 5.88 Å². The maximum absolute atomic E-state index is 6.18. The standard InChI is InChI=1S/C22H29BN6O3/c1-21(2)22(3,4)32-23(31-21)17-14-24-29-15-16(6-7-18(17)29)30-20-9-8-19(25-26-20)28-12-10-27(5)11-13-28/h6-9,14-15H,10-13H2,1-5H3. The first-order valence-electron chi connectivity index (χ1n) is 11.0. The van der Waals surface area contributed by atoms with Gasteiger partial charge in [0.1, 0.15) is 5.75 Å². The van der Waals surface area contributed by atoms with Crippen molar-refractivity contribution in [2.45, 2.75) is 38.9 Å². The second kappa shape index (κ2) is 7.72. The van der Waals surface area contributed by atoms with Gasteiger partial charge in [-0.1, -0.05) is 0 Å². The van der Waals surface area contributed by atoms with Crippen LogP contribution in [0.3, 0.4) is 0 Å². The second-order valence-electron chi connectivity index (χ2n) is 9.50. The molecule has 0 bridgehead atoms. The first kappa shape index (κ1) is 21.2. The number of likely N-dealkylation sites (N-methyl/N-ethyl adjacent to an activating group) is 1. The first-order chi connectivity index (χ1) is 15.2. The summed E-state index contributed by atoms with van der Waals surface area (Å²) >= 11 is 0. The molecule has 9 nitrogen and oxygen atoms in total. The van der Waals surface area contributed by atoms with E-state index in [1.54, 1.807) is 10.7 Å². The molecular weight excluding hydrogens is 407 g/mol. The van der Waals surface area contributed by atoms with Gasteiger partial charge in [0, 0.05) is 43.9 Å². The van der Waals surface area contributed by atoms with Crippen molar-refractivity contribution >= 4 is 23.9 Å². The van der Waals surface area contributed by atoms with Crippen LogP contribution in [0.25, 0.3) is 5.52 Å². The first-order valence-corrected chi connectivity index (χ1v) is 11.0. The van der Waals surface area contributed by atoms with Crippen molar-refractivity contribution in [1.82, 2.24) is 24.7 Å². The van der Waals surface area contributed by atoms with E-state index in [9.17, 15) is 0 Å². The third-order valence-corrected chi connectivity index (χ3v) is 6.70. The lowest BCUT2D eigenvalue weighted by Gasteiger charge is -2.32. The maximum atomic E-state index is 6.18. The summed E-state index contributed by atoms with van der Waals surface area (Å²) < 4.78 is 20.0. The minimum absolute atomic E-state index is 0.399. The number of fused-ring (bicyclic) bond motifs is 1. The van der Waals surface area contributed by atoms with Crippen LogP contribution in [0.5, 0.6) is 11.6 Å². The van der Waals surface area contributed by atoms with Crippen molar-refractivity contribution in [3.63, 3.8) is 0 Å². The number of hydrogen-bond acceptors (Lipinski definition) is 8. The van der Waals surface area contributed by atoms with Crippen LogP contribution in [0.15, 0.2) is 36.7 Å². The zero-order valence-electron chi connectivity index (χ0n) is 19.3. The number of nitrogens with zero attached hydrogens (tertiary/aromatic N) is 6. The van der Waals surface area contributed by atoms with E-state index in [0.717, 1.165) is 43.0 Å². The summed E-state index contributed by atoms with van der Waals surface area (Å²) in [5, 5.41) is 13.1. The molecule has 2 fully saturated rings. The number of aromatic nitrogens is 4. The molecule has 5 heterocycles. The third-order valence-electron chi connectivity index (χ3n) is 6.70. The van der Waals surface area contributed by atoms with E-state index >= 15 is 0 Å². The molecule has 3 aromatic heterocycles. The molecule has 10 heteroatoms. The van der Waals surface area contributed by atoms with Gasteiger partial charge in [-0.25, -0.2) is 4.52 Å². The topological polar surface area (TPSA) is 77.2 Å². The summed E-state index contributed by atoms with van der Waals surface area (Å²) in [7, 11) is 1.67. The highest BCUT2D eigenvalue weighted by Crippen LogP contribution is 2.36. The highest BCUT2D eigenvalue weighted by atomic mass is 16.7. The minimum Gasteiger partial charge on any atom is -0.436 e. The van der Waals surface area contributed by atoms with Crippen LogP contribution in [0.2, 0.25) is 0 Å². The molecular formula is C22H29BN6O3. The van der Waals surface area contributed by atoms with Crippen molar-refractivity contribution in [3.8, 4) is 11.6 Å². The Morgan fingerprint density at radius 1 is 0.938 bits per heavy atom. The Bertz CT molecular complexity index is 1090. The molecule has 32 heavy (non-hydrogen) atoms. The fraction of sp³-hybridized carbons (Fsp3) is 0.500. The zero-order valence-corrected chi connectivity index (χ0v) is 19.3. The zero-order chi connectivity index (χ0) is 22.5. The molecule has 0 aromatic carbocycles. The molecule has 0 amide bonds. The monoisotopic (exact) mass is 436 g/mol. The fourth-order valence-corrected chi connectivity index (χ4v) is 3.89. The average Bonchev–Trinajstić information content (AvgIpc) is 3.26. The minimum atomic E-state index is -0.461. The van der Waals surface area contributed by atoms with Gasteiger partial charge in [-0.2, -0.15) is 5.10 Å². The molecule has 2 aliphatic heterocycles. The Morgan fingerprint density at radius 2 is 1.66 bits per heavy atom. The maximum Gasteiger partial charge on any atom is 0.498 e. The molecule has 0 N–H and O–H groups in total. The Labute approximate surface area is 188 Å². The van der Waals surface area contributed by atoms with Crippen LogP contribution >= 0.6 is 0 Å².